The molecule has 4 aromatic carbocycles. The normalized spacial score (nSPS) is 14.7. The maximum atomic E-state index is 13.9. The number of imide groups is 1. The summed E-state index contributed by atoms with van der Waals surface area (Å²) in [6.45, 7) is 5.29. The van der Waals surface area contributed by atoms with Crippen LogP contribution in [0.5, 0.6) is 0 Å². The van der Waals surface area contributed by atoms with E-state index >= 15 is 0 Å². The average molecular weight is 475 g/mol. The summed E-state index contributed by atoms with van der Waals surface area (Å²) in [5, 5.41) is 0. The third kappa shape index (κ3) is 4.60. The lowest BCUT2D eigenvalue weighted by Gasteiger charge is -2.34. The van der Waals surface area contributed by atoms with Gasteiger partial charge in [0.2, 0.25) is 0 Å². The molecule has 4 aromatic rings. The number of carbonyl (C=O) groups is 2. The zero-order chi connectivity index (χ0) is 25.1. The number of rotatable bonds is 8. The van der Waals surface area contributed by atoms with Gasteiger partial charge in [-0.1, -0.05) is 110 Å². The van der Waals surface area contributed by atoms with Crippen molar-refractivity contribution in [3.8, 4) is 0 Å². The van der Waals surface area contributed by atoms with Crippen LogP contribution in [0, 0.1) is 0 Å². The van der Waals surface area contributed by atoms with E-state index in [2.05, 4.69) is 48.2 Å². The molecule has 5 rings (SSSR count). The first kappa shape index (κ1) is 23.7. The van der Waals surface area contributed by atoms with Crippen LogP contribution in [-0.2, 0) is 13.1 Å². The largest absolute Gasteiger partial charge is 0.275 e. The Morgan fingerprint density at radius 1 is 0.639 bits per heavy atom. The van der Waals surface area contributed by atoms with Crippen molar-refractivity contribution in [3.05, 3.63) is 143 Å². The van der Waals surface area contributed by atoms with Gasteiger partial charge in [-0.25, -0.2) is 0 Å². The van der Waals surface area contributed by atoms with Crippen LogP contribution in [0.4, 0.5) is 0 Å². The third-order valence-corrected chi connectivity index (χ3v) is 7.10. The van der Waals surface area contributed by atoms with Gasteiger partial charge in [0.15, 0.2) is 0 Å². The van der Waals surface area contributed by atoms with Crippen LogP contribution in [0.25, 0.3) is 0 Å². The Labute approximate surface area is 212 Å². The standard InChI is InChI=1S/C32H30N2O2/c1-23(27-17-10-5-11-18-27)28-19-12-20-29-30(28)32(36)34(31(29)35)24(2)33(21-25-13-6-3-7-14-25)22-26-15-8-4-9-16-26/h3-20,23-24H,21-22H2,1-2H3. The number of fused-ring (bicyclic) bond motifs is 1. The van der Waals surface area contributed by atoms with E-state index in [0.717, 1.165) is 22.3 Å². The molecule has 4 nitrogen and oxygen atoms in total. The minimum atomic E-state index is -0.419. The fourth-order valence-corrected chi connectivity index (χ4v) is 5.07. The Hall–Kier alpha value is -4.02. The number of amides is 2. The molecular formula is C32H30N2O2. The van der Waals surface area contributed by atoms with Gasteiger partial charge in [0.1, 0.15) is 0 Å². The second-order valence-electron chi connectivity index (χ2n) is 9.39. The van der Waals surface area contributed by atoms with Crippen LogP contribution in [0.3, 0.4) is 0 Å². The van der Waals surface area contributed by atoms with E-state index in [1.165, 1.54) is 4.90 Å². The highest BCUT2D eigenvalue weighted by Crippen LogP contribution is 2.35. The van der Waals surface area contributed by atoms with Crippen molar-refractivity contribution in [2.45, 2.75) is 39.0 Å². The number of benzene rings is 4. The molecule has 0 radical (unpaired) electrons. The highest BCUT2D eigenvalue weighted by atomic mass is 16.2. The van der Waals surface area contributed by atoms with Gasteiger partial charge in [0, 0.05) is 19.0 Å². The molecule has 36 heavy (non-hydrogen) atoms. The first-order valence-electron chi connectivity index (χ1n) is 12.4. The summed E-state index contributed by atoms with van der Waals surface area (Å²) in [7, 11) is 0. The fourth-order valence-electron chi connectivity index (χ4n) is 5.07. The number of carbonyl (C=O) groups excluding carboxylic acids is 2. The van der Waals surface area contributed by atoms with Crippen molar-refractivity contribution in [1.29, 1.82) is 0 Å². The van der Waals surface area contributed by atoms with Crippen LogP contribution in [0.2, 0.25) is 0 Å². The van der Waals surface area contributed by atoms with E-state index in [-0.39, 0.29) is 17.7 Å². The summed E-state index contributed by atoms with van der Waals surface area (Å²) in [5.74, 6) is -0.444. The van der Waals surface area contributed by atoms with Crippen molar-refractivity contribution in [1.82, 2.24) is 9.80 Å². The summed E-state index contributed by atoms with van der Waals surface area (Å²) in [6.07, 6.45) is -0.419. The van der Waals surface area contributed by atoms with Gasteiger partial charge in [-0.05, 0) is 35.2 Å². The van der Waals surface area contributed by atoms with Crippen molar-refractivity contribution < 1.29 is 9.59 Å². The molecule has 2 atom stereocenters. The summed E-state index contributed by atoms with van der Waals surface area (Å²) < 4.78 is 0. The molecule has 0 spiro atoms. The molecular weight excluding hydrogens is 444 g/mol. The zero-order valence-corrected chi connectivity index (χ0v) is 20.7. The van der Waals surface area contributed by atoms with E-state index in [4.69, 9.17) is 0 Å². The third-order valence-electron chi connectivity index (χ3n) is 7.10. The summed E-state index contributed by atoms with van der Waals surface area (Å²) in [5.41, 5.74) is 5.30. The monoisotopic (exact) mass is 474 g/mol. The van der Waals surface area contributed by atoms with E-state index in [0.29, 0.717) is 24.2 Å². The predicted molar refractivity (Wildman–Crippen MR) is 142 cm³/mol. The van der Waals surface area contributed by atoms with E-state index in [1.807, 2.05) is 73.7 Å². The highest BCUT2D eigenvalue weighted by molar-refractivity contribution is 6.22. The van der Waals surface area contributed by atoms with Crippen LogP contribution < -0.4 is 0 Å². The Morgan fingerprint density at radius 3 is 1.72 bits per heavy atom. The fraction of sp³-hybridized carbons (Fsp3) is 0.188. The Balaban J connectivity index is 1.48. The molecule has 0 aromatic heterocycles. The molecule has 1 aliphatic rings. The molecule has 0 saturated heterocycles. The van der Waals surface area contributed by atoms with E-state index in [1.54, 1.807) is 6.07 Å². The first-order chi connectivity index (χ1) is 17.5. The van der Waals surface area contributed by atoms with Crippen LogP contribution in [0.1, 0.15) is 62.7 Å². The Morgan fingerprint density at radius 2 is 1.17 bits per heavy atom. The van der Waals surface area contributed by atoms with Crippen LogP contribution in [-0.4, -0.2) is 27.8 Å². The molecule has 2 amide bonds. The van der Waals surface area contributed by atoms with Gasteiger partial charge in [0.25, 0.3) is 11.8 Å². The van der Waals surface area contributed by atoms with E-state index < -0.39 is 6.17 Å². The van der Waals surface area contributed by atoms with Gasteiger partial charge in [-0.2, -0.15) is 0 Å². The SMILES string of the molecule is CC(c1ccccc1)c1cccc2c1C(=O)N(C(C)N(Cc1ccccc1)Cc1ccccc1)C2=O. The maximum absolute atomic E-state index is 13.9. The van der Waals surface area contributed by atoms with Crippen LogP contribution >= 0.6 is 0 Å². The molecule has 0 aliphatic carbocycles. The Bertz CT molecular complexity index is 1310. The van der Waals surface area contributed by atoms with Gasteiger partial charge in [-0.15, -0.1) is 0 Å². The van der Waals surface area contributed by atoms with Crippen molar-refractivity contribution in [2.75, 3.05) is 0 Å². The topological polar surface area (TPSA) is 40.6 Å². The molecule has 0 saturated carbocycles. The van der Waals surface area contributed by atoms with Gasteiger partial charge in [0.05, 0.1) is 17.3 Å². The molecule has 0 bridgehead atoms. The van der Waals surface area contributed by atoms with Gasteiger partial charge >= 0.3 is 0 Å². The second kappa shape index (κ2) is 10.3. The molecule has 1 heterocycles. The lowest BCUT2D eigenvalue weighted by Crippen LogP contribution is -2.48. The lowest BCUT2D eigenvalue weighted by atomic mass is 9.88. The molecule has 2 unspecified atom stereocenters. The zero-order valence-electron chi connectivity index (χ0n) is 20.7. The highest BCUT2D eigenvalue weighted by Gasteiger charge is 2.42. The van der Waals surface area contributed by atoms with Gasteiger partial charge in [-0.3, -0.25) is 19.4 Å². The lowest BCUT2D eigenvalue weighted by molar-refractivity contribution is 0.0308. The minimum absolute atomic E-state index is 0.00195. The smallest absolute Gasteiger partial charge is 0.263 e. The van der Waals surface area contributed by atoms with Gasteiger partial charge < -0.3 is 0 Å². The molecule has 4 heteroatoms. The molecule has 0 fully saturated rings. The molecule has 1 aliphatic heterocycles. The number of nitrogens with zero attached hydrogens (tertiary/aromatic N) is 2. The quantitative estimate of drug-likeness (QED) is 0.274. The number of hydrogen-bond donors (Lipinski definition) is 0. The molecule has 0 N–H and O–H groups in total. The van der Waals surface area contributed by atoms with Crippen molar-refractivity contribution in [3.63, 3.8) is 0 Å². The van der Waals surface area contributed by atoms with E-state index in [9.17, 15) is 9.59 Å². The summed E-state index contributed by atoms with van der Waals surface area (Å²) in [4.78, 5) is 31.2. The maximum Gasteiger partial charge on any atom is 0.263 e. The summed E-state index contributed by atoms with van der Waals surface area (Å²) in [6, 6.07) is 36.1. The predicted octanol–water partition coefficient (Wildman–Crippen LogP) is 6.48. The average Bonchev–Trinajstić information content (AvgIpc) is 3.19. The minimum Gasteiger partial charge on any atom is -0.275 e. The van der Waals surface area contributed by atoms with Crippen molar-refractivity contribution >= 4 is 11.8 Å². The molecule has 180 valence electrons. The Kier molecular flexibility index (Phi) is 6.79. The first-order valence-corrected chi connectivity index (χ1v) is 12.4. The van der Waals surface area contributed by atoms with Crippen molar-refractivity contribution in [2.24, 2.45) is 0 Å². The summed E-state index contributed by atoms with van der Waals surface area (Å²) >= 11 is 0. The number of hydrogen-bond acceptors (Lipinski definition) is 3. The van der Waals surface area contributed by atoms with Crippen LogP contribution in [0.15, 0.2) is 109 Å². The second-order valence-corrected chi connectivity index (χ2v) is 9.39.